The number of hydrogen-bond acceptors (Lipinski definition) is 5. The van der Waals surface area contributed by atoms with E-state index in [4.69, 9.17) is 0 Å². The van der Waals surface area contributed by atoms with Gasteiger partial charge in [-0.1, -0.05) is 12.1 Å². The van der Waals surface area contributed by atoms with E-state index in [1.807, 2.05) is 14.1 Å². The maximum Gasteiger partial charge on any atom is 0.291 e. The predicted octanol–water partition coefficient (Wildman–Crippen LogP) is 1.16. The molecule has 3 rings (SSSR count). The molecule has 7 nitrogen and oxygen atoms in total. The summed E-state index contributed by atoms with van der Waals surface area (Å²) in [6.07, 6.45) is 4.08. The number of carbonyl (C=O) groups is 1. The van der Waals surface area contributed by atoms with Crippen molar-refractivity contribution in [3.63, 3.8) is 0 Å². The van der Waals surface area contributed by atoms with Crippen molar-refractivity contribution in [1.82, 2.24) is 24.9 Å². The van der Waals surface area contributed by atoms with E-state index in [9.17, 15) is 4.79 Å². The molecule has 0 saturated carbocycles. The molecular formula is C16H18N6O. The Hall–Kier alpha value is -2.96. The first kappa shape index (κ1) is 15.0. The highest BCUT2D eigenvalue weighted by molar-refractivity contribution is 5.90. The normalized spacial score (nSPS) is 10.7. The summed E-state index contributed by atoms with van der Waals surface area (Å²) in [5.74, 6) is 0.254. The van der Waals surface area contributed by atoms with E-state index in [0.717, 1.165) is 12.1 Å². The third-order valence-electron chi connectivity index (χ3n) is 3.47. The van der Waals surface area contributed by atoms with Gasteiger partial charge in [0.1, 0.15) is 0 Å². The molecule has 0 radical (unpaired) electrons. The number of benzene rings is 1. The zero-order chi connectivity index (χ0) is 16.2. The van der Waals surface area contributed by atoms with Crippen LogP contribution in [0, 0.1) is 0 Å². The van der Waals surface area contributed by atoms with Crippen LogP contribution in [0.15, 0.2) is 42.7 Å². The molecule has 0 saturated heterocycles. The Morgan fingerprint density at radius 3 is 2.74 bits per heavy atom. The van der Waals surface area contributed by atoms with Gasteiger partial charge >= 0.3 is 0 Å². The van der Waals surface area contributed by atoms with Gasteiger partial charge in [0.25, 0.3) is 11.7 Å². The molecule has 0 aliphatic carbocycles. The van der Waals surface area contributed by atoms with E-state index < -0.39 is 0 Å². The van der Waals surface area contributed by atoms with Crippen LogP contribution in [-0.2, 0) is 6.42 Å². The summed E-state index contributed by atoms with van der Waals surface area (Å²) in [5.41, 5.74) is 2.32. The van der Waals surface area contributed by atoms with Gasteiger partial charge in [-0.05, 0) is 30.2 Å². The van der Waals surface area contributed by atoms with Crippen LogP contribution in [-0.4, -0.2) is 46.1 Å². The second-order valence-corrected chi connectivity index (χ2v) is 5.37. The van der Waals surface area contributed by atoms with Crippen LogP contribution >= 0.6 is 0 Å². The molecule has 1 N–H and O–H groups in total. The summed E-state index contributed by atoms with van der Waals surface area (Å²) in [6, 6.07) is 9.99. The van der Waals surface area contributed by atoms with Crippen LogP contribution in [0.4, 0.5) is 5.69 Å². The molecule has 23 heavy (non-hydrogen) atoms. The van der Waals surface area contributed by atoms with Crippen molar-refractivity contribution in [2.75, 3.05) is 25.5 Å². The Morgan fingerprint density at radius 2 is 2.04 bits per heavy atom. The molecule has 2 aromatic heterocycles. The molecule has 1 aromatic carbocycles. The molecule has 0 aliphatic heterocycles. The fourth-order valence-corrected chi connectivity index (χ4v) is 2.19. The molecule has 0 aliphatic rings. The van der Waals surface area contributed by atoms with E-state index in [2.05, 4.69) is 49.5 Å². The molecule has 118 valence electrons. The van der Waals surface area contributed by atoms with Crippen LogP contribution < -0.4 is 10.2 Å². The fourth-order valence-electron chi connectivity index (χ4n) is 2.19. The SMILES string of the molecule is CN(C)c1ccc(CCNC(=O)c2nc3ncccn3n2)cc1. The van der Waals surface area contributed by atoms with Crippen molar-refractivity contribution < 1.29 is 4.79 Å². The lowest BCUT2D eigenvalue weighted by Crippen LogP contribution is -2.26. The molecule has 0 bridgehead atoms. The Bertz CT molecular complexity index is 776. The van der Waals surface area contributed by atoms with Crippen molar-refractivity contribution in [1.29, 1.82) is 0 Å². The minimum atomic E-state index is -0.291. The second kappa shape index (κ2) is 6.43. The smallest absolute Gasteiger partial charge is 0.291 e. The monoisotopic (exact) mass is 310 g/mol. The van der Waals surface area contributed by atoms with Crippen molar-refractivity contribution in [3.05, 3.63) is 54.1 Å². The van der Waals surface area contributed by atoms with Gasteiger partial charge in [0, 0.05) is 38.7 Å². The highest BCUT2D eigenvalue weighted by Crippen LogP contribution is 2.12. The van der Waals surface area contributed by atoms with E-state index >= 15 is 0 Å². The van der Waals surface area contributed by atoms with E-state index in [0.29, 0.717) is 12.3 Å². The van der Waals surface area contributed by atoms with Crippen LogP contribution in [0.25, 0.3) is 5.78 Å². The van der Waals surface area contributed by atoms with Gasteiger partial charge in [-0.25, -0.2) is 9.50 Å². The molecule has 7 heteroatoms. The summed E-state index contributed by atoms with van der Waals surface area (Å²) in [5, 5.41) is 6.93. The average Bonchev–Trinajstić information content (AvgIpc) is 2.99. The number of carbonyl (C=O) groups excluding carboxylic acids is 1. The van der Waals surface area contributed by atoms with Crippen molar-refractivity contribution in [2.45, 2.75) is 6.42 Å². The van der Waals surface area contributed by atoms with Gasteiger partial charge < -0.3 is 10.2 Å². The minimum Gasteiger partial charge on any atom is -0.378 e. The molecule has 3 aromatic rings. The standard InChI is InChI=1S/C16H18N6O/c1-21(2)13-6-4-12(5-7-13)8-10-17-15(23)14-19-16-18-9-3-11-22(16)20-14/h3-7,9,11H,8,10H2,1-2H3,(H,17,23). The second-order valence-electron chi connectivity index (χ2n) is 5.37. The first-order valence-electron chi connectivity index (χ1n) is 7.35. The van der Waals surface area contributed by atoms with Crippen LogP contribution in [0.3, 0.4) is 0 Å². The van der Waals surface area contributed by atoms with E-state index in [1.54, 1.807) is 18.5 Å². The van der Waals surface area contributed by atoms with E-state index in [1.165, 1.54) is 10.1 Å². The summed E-state index contributed by atoms with van der Waals surface area (Å²) in [6.45, 7) is 0.531. The van der Waals surface area contributed by atoms with Crippen molar-refractivity contribution in [2.24, 2.45) is 0 Å². The molecule has 0 unspecified atom stereocenters. The quantitative estimate of drug-likeness (QED) is 0.765. The summed E-state index contributed by atoms with van der Waals surface area (Å²) < 4.78 is 1.48. The summed E-state index contributed by atoms with van der Waals surface area (Å²) in [4.78, 5) is 22.2. The van der Waals surface area contributed by atoms with Crippen molar-refractivity contribution >= 4 is 17.4 Å². The fraction of sp³-hybridized carbons (Fsp3) is 0.250. The van der Waals surface area contributed by atoms with Crippen molar-refractivity contribution in [3.8, 4) is 0 Å². The Balaban J connectivity index is 1.56. The average molecular weight is 310 g/mol. The third kappa shape index (κ3) is 3.45. The molecule has 0 spiro atoms. The number of hydrogen-bond donors (Lipinski definition) is 1. The Labute approximate surface area is 134 Å². The largest absolute Gasteiger partial charge is 0.378 e. The lowest BCUT2D eigenvalue weighted by molar-refractivity contribution is 0.0944. The number of nitrogens with zero attached hydrogens (tertiary/aromatic N) is 5. The molecule has 2 heterocycles. The molecule has 0 fully saturated rings. The van der Waals surface area contributed by atoms with Gasteiger partial charge in [0.2, 0.25) is 5.82 Å². The highest BCUT2D eigenvalue weighted by atomic mass is 16.2. The Kier molecular flexibility index (Phi) is 4.18. The number of fused-ring (bicyclic) bond motifs is 1. The van der Waals surface area contributed by atoms with E-state index in [-0.39, 0.29) is 11.7 Å². The predicted molar refractivity (Wildman–Crippen MR) is 87.6 cm³/mol. The van der Waals surface area contributed by atoms with Gasteiger partial charge in [-0.15, -0.1) is 5.10 Å². The minimum absolute atomic E-state index is 0.131. The molecule has 1 amide bonds. The lowest BCUT2D eigenvalue weighted by atomic mass is 10.1. The van der Waals surface area contributed by atoms with Crippen LogP contribution in [0.1, 0.15) is 16.2 Å². The number of amides is 1. The van der Waals surface area contributed by atoms with Gasteiger partial charge in [-0.2, -0.15) is 4.98 Å². The van der Waals surface area contributed by atoms with Gasteiger partial charge in [0.15, 0.2) is 0 Å². The highest BCUT2D eigenvalue weighted by Gasteiger charge is 2.12. The first-order chi connectivity index (χ1) is 11.1. The third-order valence-corrected chi connectivity index (χ3v) is 3.47. The van der Waals surface area contributed by atoms with Crippen LogP contribution in [0.5, 0.6) is 0 Å². The molecule has 0 atom stereocenters. The topological polar surface area (TPSA) is 75.4 Å². The number of anilines is 1. The maximum atomic E-state index is 12.1. The van der Waals surface area contributed by atoms with Gasteiger partial charge in [0.05, 0.1) is 0 Å². The first-order valence-corrected chi connectivity index (χ1v) is 7.35. The number of aromatic nitrogens is 4. The number of rotatable bonds is 5. The lowest BCUT2D eigenvalue weighted by Gasteiger charge is -2.12. The zero-order valence-corrected chi connectivity index (χ0v) is 13.1. The zero-order valence-electron chi connectivity index (χ0n) is 13.1. The van der Waals surface area contributed by atoms with Gasteiger partial charge in [-0.3, -0.25) is 4.79 Å². The van der Waals surface area contributed by atoms with Crippen LogP contribution in [0.2, 0.25) is 0 Å². The summed E-state index contributed by atoms with van der Waals surface area (Å²) >= 11 is 0. The summed E-state index contributed by atoms with van der Waals surface area (Å²) in [7, 11) is 4.01. The Morgan fingerprint density at radius 1 is 1.26 bits per heavy atom. The molecular weight excluding hydrogens is 292 g/mol. The maximum absolute atomic E-state index is 12.1. The number of nitrogens with one attached hydrogen (secondary N) is 1.